The van der Waals surface area contributed by atoms with Crippen molar-refractivity contribution in [3.05, 3.63) is 24.3 Å². The van der Waals surface area contributed by atoms with Crippen LogP contribution < -0.4 is 0 Å². The van der Waals surface area contributed by atoms with E-state index in [9.17, 15) is 4.79 Å². The molecule has 0 aliphatic heterocycles. The van der Waals surface area contributed by atoms with E-state index in [1.165, 1.54) is 18.2 Å². The fourth-order valence-electron chi connectivity index (χ4n) is 2.44. The lowest BCUT2D eigenvalue weighted by atomic mass is 9.91. The number of fused-ring (bicyclic) bond motifs is 1. The SMILES string of the molecule is O=C(CSc1nc2ccccc2s1)N(CCO)C1CCC1. The zero-order valence-corrected chi connectivity index (χ0v) is 13.3. The van der Waals surface area contributed by atoms with E-state index in [4.69, 9.17) is 5.11 Å². The lowest BCUT2D eigenvalue weighted by molar-refractivity contribution is -0.132. The minimum absolute atomic E-state index is 0.0358. The van der Waals surface area contributed by atoms with Crippen molar-refractivity contribution in [3.8, 4) is 0 Å². The van der Waals surface area contributed by atoms with Crippen LogP contribution in [0.25, 0.3) is 10.2 Å². The van der Waals surface area contributed by atoms with Gasteiger partial charge in [-0.2, -0.15) is 0 Å². The Balaban J connectivity index is 1.61. The first-order chi connectivity index (χ1) is 10.3. The highest BCUT2D eigenvalue weighted by Gasteiger charge is 2.28. The number of para-hydroxylation sites is 1. The van der Waals surface area contributed by atoms with Crippen molar-refractivity contribution < 1.29 is 9.90 Å². The first kappa shape index (κ1) is 14.8. The Kier molecular flexibility index (Phi) is 4.77. The Labute approximate surface area is 132 Å². The minimum Gasteiger partial charge on any atom is -0.395 e. The summed E-state index contributed by atoms with van der Waals surface area (Å²) in [6.45, 7) is 0.484. The van der Waals surface area contributed by atoms with Crippen LogP contribution in [0.15, 0.2) is 28.6 Å². The van der Waals surface area contributed by atoms with Gasteiger partial charge in [0.25, 0.3) is 0 Å². The molecule has 0 saturated heterocycles. The molecule has 4 nitrogen and oxygen atoms in total. The van der Waals surface area contributed by atoms with Crippen molar-refractivity contribution in [1.29, 1.82) is 0 Å². The van der Waals surface area contributed by atoms with Crippen molar-refractivity contribution in [2.24, 2.45) is 0 Å². The van der Waals surface area contributed by atoms with E-state index < -0.39 is 0 Å². The van der Waals surface area contributed by atoms with E-state index in [0.29, 0.717) is 18.3 Å². The molecule has 0 spiro atoms. The quantitative estimate of drug-likeness (QED) is 0.831. The molecule has 0 atom stereocenters. The molecule has 1 aromatic carbocycles. The third-order valence-electron chi connectivity index (χ3n) is 3.77. The second-order valence-corrected chi connectivity index (χ2v) is 7.38. The standard InChI is InChI=1S/C15H18N2O2S2/c18-9-8-17(11-4-3-5-11)14(19)10-20-15-16-12-6-1-2-7-13(12)21-15/h1-2,6-7,11,18H,3-5,8-10H2. The van der Waals surface area contributed by atoms with Gasteiger partial charge in [-0.1, -0.05) is 23.9 Å². The summed E-state index contributed by atoms with van der Waals surface area (Å²) in [5.74, 6) is 0.508. The van der Waals surface area contributed by atoms with E-state index in [0.717, 1.165) is 27.4 Å². The molecule has 112 valence electrons. The molecular formula is C15H18N2O2S2. The van der Waals surface area contributed by atoms with Crippen LogP contribution in [-0.4, -0.2) is 45.8 Å². The maximum Gasteiger partial charge on any atom is 0.233 e. The summed E-state index contributed by atoms with van der Waals surface area (Å²) < 4.78 is 2.08. The number of benzene rings is 1. The molecule has 1 N–H and O–H groups in total. The van der Waals surface area contributed by atoms with E-state index in [1.807, 2.05) is 29.2 Å². The number of aliphatic hydroxyl groups is 1. The zero-order valence-electron chi connectivity index (χ0n) is 11.7. The Hall–Kier alpha value is -1.11. The summed E-state index contributed by atoms with van der Waals surface area (Å²) in [4.78, 5) is 18.7. The first-order valence-corrected chi connectivity index (χ1v) is 8.97. The van der Waals surface area contributed by atoms with Gasteiger partial charge in [0.1, 0.15) is 0 Å². The van der Waals surface area contributed by atoms with Crippen molar-refractivity contribution >= 4 is 39.2 Å². The van der Waals surface area contributed by atoms with Gasteiger partial charge in [0, 0.05) is 12.6 Å². The van der Waals surface area contributed by atoms with Gasteiger partial charge < -0.3 is 10.0 Å². The second-order valence-electron chi connectivity index (χ2n) is 5.13. The van der Waals surface area contributed by atoms with Gasteiger partial charge in [-0.3, -0.25) is 4.79 Å². The van der Waals surface area contributed by atoms with E-state index in [2.05, 4.69) is 4.98 Å². The number of amides is 1. The Morgan fingerprint density at radius 3 is 2.90 bits per heavy atom. The van der Waals surface area contributed by atoms with Gasteiger partial charge in [0.15, 0.2) is 4.34 Å². The smallest absolute Gasteiger partial charge is 0.233 e. The summed E-state index contributed by atoms with van der Waals surface area (Å²) >= 11 is 3.12. The first-order valence-electron chi connectivity index (χ1n) is 7.16. The van der Waals surface area contributed by atoms with Gasteiger partial charge in [-0.15, -0.1) is 11.3 Å². The van der Waals surface area contributed by atoms with Crippen molar-refractivity contribution in [3.63, 3.8) is 0 Å². The van der Waals surface area contributed by atoms with Crippen LogP contribution in [-0.2, 0) is 4.79 Å². The predicted molar refractivity (Wildman–Crippen MR) is 86.8 cm³/mol. The van der Waals surface area contributed by atoms with Crippen LogP contribution in [0.2, 0.25) is 0 Å². The van der Waals surface area contributed by atoms with E-state index >= 15 is 0 Å². The molecule has 0 bridgehead atoms. The number of thioether (sulfide) groups is 1. The average Bonchev–Trinajstić information content (AvgIpc) is 2.85. The molecule has 1 aliphatic rings. The molecule has 1 amide bonds. The molecule has 21 heavy (non-hydrogen) atoms. The average molecular weight is 322 g/mol. The Bertz CT molecular complexity index is 592. The molecule has 3 rings (SSSR count). The number of nitrogens with zero attached hydrogens (tertiary/aromatic N) is 2. The van der Waals surface area contributed by atoms with Crippen molar-refractivity contribution in [2.75, 3.05) is 18.9 Å². The van der Waals surface area contributed by atoms with Crippen LogP contribution in [0.5, 0.6) is 0 Å². The molecule has 2 aromatic rings. The summed E-state index contributed by atoms with van der Waals surface area (Å²) in [5.41, 5.74) is 0.989. The van der Waals surface area contributed by atoms with E-state index in [-0.39, 0.29) is 12.5 Å². The fraction of sp³-hybridized carbons (Fsp3) is 0.467. The molecule has 1 aliphatic carbocycles. The highest BCUT2D eigenvalue weighted by atomic mass is 32.2. The van der Waals surface area contributed by atoms with Crippen LogP contribution >= 0.6 is 23.1 Å². The third kappa shape index (κ3) is 3.39. The number of carbonyl (C=O) groups is 1. The number of hydrogen-bond donors (Lipinski definition) is 1. The number of aromatic nitrogens is 1. The molecular weight excluding hydrogens is 304 g/mol. The molecule has 1 aromatic heterocycles. The monoisotopic (exact) mass is 322 g/mol. The largest absolute Gasteiger partial charge is 0.395 e. The third-order valence-corrected chi connectivity index (χ3v) is 5.93. The Morgan fingerprint density at radius 1 is 1.43 bits per heavy atom. The lowest BCUT2D eigenvalue weighted by Crippen LogP contribution is -2.46. The zero-order chi connectivity index (χ0) is 14.7. The Morgan fingerprint density at radius 2 is 2.24 bits per heavy atom. The fourth-order valence-corrected chi connectivity index (χ4v) is 4.39. The molecule has 1 fully saturated rings. The van der Waals surface area contributed by atoms with Gasteiger partial charge in [-0.25, -0.2) is 4.98 Å². The number of rotatable bonds is 6. The predicted octanol–water partition coefficient (Wildman–Crippen LogP) is 2.76. The molecule has 1 saturated carbocycles. The van der Waals surface area contributed by atoms with Crippen LogP contribution in [0.1, 0.15) is 19.3 Å². The summed E-state index contributed by atoms with van der Waals surface area (Å²) in [7, 11) is 0. The van der Waals surface area contributed by atoms with Crippen molar-refractivity contribution in [1.82, 2.24) is 9.88 Å². The topological polar surface area (TPSA) is 53.4 Å². The second kappa shape index (κ2) is 6.77. The lowest BCUT2D eigenvalue weighted by Gasteiger charge is -2.37. The molecule has 0 radical (unpaired) electrons. The maximum absolute atomic E-state index is 12.3. The molecule has 1 heterocycles. The number of thiazole rings is 1. The number of carbonyl (C=O) groups excluding carboxylic acids is 1. The van der Waals surface area contributed by atoms with Gasteiger partial charge in [0.2, 0.25) is 5.91 Å². The minimum atomic E-state index is 0.0358. The highest BCUT2D eigenvalue weighted by Crippen LogP contribution is 2.30. The van der Waals surface area contributed by atoms with E-state index in [1.54, 1.807) is 11.3 Å². The molecule has 6 heteroatoms. The highest BCUT2D eigenvalue weighted by molar-refractivity contribution is 8.01. The normalized spacial score (nSPS) is 15.1. The maximum atomic E-state index is 12.3. The molecule has 0 unspecified atom stereocenters. The van der Waals surface area contributed by atoms with Gasteiger partial charge >= 0.3 is 0 Å². The van der Waals surface area contributed by atoms with Gasteiger partial charge in [0.05, 0.1) is 22.6 Å². The van der Waals surface area contributed by atoms with Gasteiger partial charge in [-0.05, 0) is 31.4 Å². The summed E-state index contributed by atoms with van der Waals surface area (Å²) in [6, 6.07) is 8.34. The summed E-state index contributed by atoms with van der Waals surface area (Å²) in [5, 5.41) is 9.12. The summed E-state index contributed by atoms with van der Waals surface area (Å²) in [6.07, 6.45) is 3.32. The van der Waals surface area contributed by atoms with Crippen LogP contribution in [0, 0.1) is 0 Å². The number of hydrogen-bond acceptors (Lipinski definition) is 5. The number of aliphatic hydroxyl groups excluding tert-OH is 1. The van der Waals surface area contributed by atoms with Crippen LogP contribution in [0.3, 0.4) is 0 Å². The van der Waals surface area contributed by atoms with Crippen molar-refractivity contribution in [2.45, 2.75) is 29.6 Å². The van der Waals surface area contributed by atoms with Crippen LogP contribution in [0.4, 0.5) is 0 Å².